The molecular weight excluding hydrogens is 202 g/mol. The fourth-order valence-corrected chi connectivity index (χ4v) is 1.38. The lowest BCUT2D eigenvalue weighted by Gasteiger charge is -2.02. The van der Waals surface area contributed by atoms with E-state index in [-0.39, 0.29) is 17.3 Å². The first-order chi connectivity index (χ1) is 7.74. The lowest BCUT2D eigenvalue weighted by atomic mass is 10.3. The maximum absolute atomic E-state index is 8.91. The smallest absolute Gasteiger partial charge is 0.202 e. The fourth-order valence-electron chi connectivity index (χ4n) is 1.38. The molecule has 0 saturated carbocycles. The molecule has 1 heterocycles. The van der Waals surface area contributed by atoms with Gasteiger partial charge in [-0.1, -0.05) is 19.1 Å². The van der Waals surface area contributed by atoms with Gasteiger partial charge in [-0.2, -0.15) is 10.5 Å². The first-order valence-corrected chi connectivity index (χ1v) is 5.05. The normalized spacial score (nSPS) is 10.2. The molecule has 82 valence electrons. The van der Waals surface area contributed by atoms with Crippen molar-refractivity contribution in [3.63, 3.8) is 0 Å². The summed E-state index contributed by atoms with van der Waals surface area (Å²) in [5.41, 5.74) is 5.97. The maximum atomic E-state index is 8.91. The third-order valence-electron chi connectivity index (χ3n) is 2.13. The summed E-state index contributed by atoms with van der Waals surface area (Å²) in [4.78, 5) is 3.83. The van der Waals surface area contributed by atoms with E-state index in [0.717, 1.165) is 12.8 Å². The fraction of sp³-hybridized carbons (Fsp3) is 0.364. The van der Waals surface area contributed by atoms with Gasteiger partial charge in [-0.3, -0.25) is 0 Å². The second-order valence-corrected chi connectivity index (χ2v) is 3.21. The summed E-state index contributed by atoms with van der Waals surface area (Å²) in [6.07, 6.45) is 5.82. The van der Waals surface area contributed by atoms with Crippen molar-refractivity contribution in [1.29, 1.82) is 10.5 Å². The van der Waals surface area contributed by atoms with Crippen molar-refractivity contribution in [2.24, 2.45) is 0 Å². The number of hydrogen-bond acceptors (Lipinski definition) is 4. The van der Waals surface area contributed by atoms with Crippen molar-refractivity contribution in [2.75, 3.05) is 5.73 Å². The number of nitrogens with two attached hydrogens (primary N) is 1. The second kappa shape index (κ2) is 5.57. The molecule has 0 fully saturated rings. The van der Waals surface area contributed by atoms with Crippen LogP contribution < -0.4 is 5.73 Å². The zero-order chi connectivity index (χ0) is 12.0. The van der Waals surface area contributed by atoms with Gasteiger partial charge in [0.1, 0.15) is 12.1 Å². The van der Waals surface area contributed by atoms with Crippen LogP contribution in [0.2, 0.25) is 0 Å². The number of hydrogen-bond donors (Lipinski definition) is 1. The van der Waals surface area contributed by atoms with Gasteiger partial charge in [0.05, 0.1) is 0 Å². The van der Waals surface area contributed by atoms with E-state index in [2.05, 4.69) is 11.9 Å². The number of allylic oxidation sites excluding steroid dienone is 2. The highest BCUT2D eigenvalue weighted by Gasteiger charge is 2.13. The largest absolute Gasteiger partial charge is 0.369 e. The van der Waals surface area contributed by atoms with Crippen LogP contribution in [0.4, 0.5) is 5.95 Å². The van der Waals surface area contributed by atoms with Crippen LogP contribution in [0.5, 0.6) is 0 Å². The van der Waals surface area contributed by atoms with Crippen molar-refractivity contribution in [1.82, 2.24) is 9.55 Å². The van der Waals surface area contributed by atoms with E-state index in [4.69, 9.17) is 16.3 Å². The molecule has 1 aromatic rings. The van der Waals surface area contributed by atoms with Crippen LogP contribution in [0.25, 0.3) is 0 Å². The SMILES string of the molecule is CC/C=C/CCn1c(N)nc(C#N)c1C#N. The molecule has 0 aliphatic carbocycles. The van der Waals surface area contributed by atoms with Crippen molar-refractivity contribution in [2.45, 2.75) is 26.3 Å². The molecule has 0 atom stereocenters. The van der Waals surface area contributed by atoms with Crippen LogP contribution in [0, 0.1) is 22.7 Å². The molecule has 0 saturated heterocycles. The number of aromatic nitrogens is 2. The molecule has 0 aromatic carbocycles. The lowest BCUT2D eigenvalue weighted by molar-refractivity contribution is 0.710. The summed E-state index contributed by atoms with van der Waals surface area (Å²) in [5.74, 6) is 0.220. The van der Waals surface area contributed by atoms with Crippen LogP contribution >= 0.6 is 0 Å². The molecule has 5 nitrogen and oxygen atoms in total. The molecule has 0 spiro atoms. The van der Waals surface area contributed by atoms with E-state index in [0.29, 0.717) is 6.54 Å². The topological polar surface area (TPSA) is 91.4 Å². The van der Waals surface area contributed by atoms with Crippen LogP contribution in [-0.4, -0.2) is 9.55 Å². The van der Waals surface area contributed by atoms with Gasteiger partial charge in [-0.15, -0.1) is 0 Å². The minimum Gasteiger partial charge on any atom is -0.369 e. The molecule has 0 aliphatic rings. The number of nitrogen functional groups attached to an aromatic ring is 1. The van der Waals surface area contributed by atoms with Crippen molar-refractivity contribution in [3.8, 4) is 12.1 Å². The van der Waals surface area contributed by atoms with Gasteiger partial charge in [0.2, 0.25) is 5.95 Å². The van der Waals surface area contributed by atoms with Gasteiger partial charge < -0.3 is 10.3 Å². The van der Waals surface area contributed by atoms with E-state index in [1.807, 2.05) is 24.3 Å². The van der Waals surface area contributed by atoms with Gasteiger partial charge >= 0.3 is 0 Å². The van der Waals surface area contributed by atoms with Crippen LogP contribution in [0.3, 0.4) is 0 Å². The minimum absolute atomic E-state index is 0.0967. The predicted octanol–water partition coefficient (Wildman–Crippen LogP) is 1.56. The quantitative estimate of drug-likeness (QED) is 0.771. The third-order valence-corrected chi connectivity index (χ3v) is 2.13. The third kappa shape index (κ3) is 2.40. The Kier molecular flexibility index (Phi) is 4.11. The highest BCUT2D eigenvalue weighted by molar-refractivity contribution is 5.43. The van der Waals surface area contributed by atoms with E-state index in [1.165, 1.54) is 0 Å². The average molecular weight is 215 g/mol. The van der Waals surface area contributed by atoms with Crippen molar-refractivity contribution < 1.29 is 0 Å². The summed E-state index contributed by atoms with van der Waals surface area (Å²) in [6.45, 7) is 2.62. The second-order valence-electron chi connectivity index (χ2n) is 3.21. The molecule has 0 radical (unpaired) electrons. The molecule has 0 aliphatic heterocycles. The Morgan fingerprint density at radius 2 is 2.12 bits per heavy atom. The van der Waals surface area contributed by atoms with Crippen molar-refractivity contribution >= 4 is 5.95 Å². The monoisotopic (exact) mass is 215 g/mol. The average Bonchev–Trinajstić information content (AvgIpc) is 2.60. The predicted molar refractivity (Wildman–Crippen MR) is 60.1 cm³/mol. The van der Waals surface area contributed by atoms with E-state index < -0.39 is 0 Å². The Labute approximate surface area is 94.4 Å². The zero-order valence-electron chi connectivity index (χ0n) is 9.14. The minimum atomic E-state index is 0.0967. The van der Waals surface area contributed by atoms with E-state index >= 15 is 0 Å². The molecular formula is C11H13N5. The first kappa shape index (κ1) is 11.8. The Morgan fingerprint density at radius 3 is 2.69 bits per heavy atom. The summed E-state index contributed by atoms with van der Waals surface area (Å²) < 4.78 is 1.57. The maximum Gasteiger partial charge on any atom is 0.202 e. The summed E-state index contributed by atoms with van der Waals surface area (Å²) in [6, 6.07) is 3.81. The van der Waals surface area contributed by atoms with Crippen LogP contribution in [0.15, 0.2) is 12.2 Å². The standard InChI is InChI=1S/C11H13N5/c1-2-3-4-5-6-16-10(8-13)9(7-12)15-11(16)14/h3-4H,2,5-6H2,1H3,(H2,14,15)/b4-3+. The van der Waals surface area contributed by atoms with Crippen LogP contribution in [-0.2, 0) is 6.54 Å². The van der Waals surface area contributed by atoms with Gasteiger partial charge in [0.15, 0.2) is 11.4 Å². The summed E-state index contributed by atoms with van der Waals surface area (Å²) >= 11 is 0. The molecule has 5 heteroatoms. The van der Waals surface area contributed by atoms with Gasteiger partial charge in [0, 0.05) is 6.54 Å². The van der Waals surface area contributed by atoms with Gasteiger partial charge in [0.25, 0.3) is 0 Å². The lowest BCUT2D eigenvalue weighted by Crippen LogP contribution is -2.05. The molecule has 0 unspecified atom stereocenters. The highest BCUT2D eigenvalue weighted by atomic mass is 15.2. The number of anilines is 1. The molecule has 1 rings (SSSR count). The van der Waals surface area contributed by atoms with E-state index in [1.54, 1.807) is 4.57 Å². The molecule has 1 aromatic heterocycles. The number of nitriles is 2. The number of imidazole rings is 1. The highest BCUT2D eigenvalue weighted by Crippen LogP contribution is 2.12. The Hall–Kier alpha value is -2.27. The Balaban J connectivity index is 2.88. The van der Waals surface area contributed by atoms with Crippen LogP contribution in [0.1, 0.15) is 31.2 Å². The zero-order valence-corrected chi connectivity index (χ0v) is 9.14. The van der Waals surface area contributed by atoms with Gasteiger partial charge in [-0.05, 0) is 12.8 Å². The Bertz CT molecular complexity index is 470. The summed E-state index contributed by atoms with van der Waals surface area (Å²) in [7, 11) is 0. The summed E-state index contributed by atoms with van der Waals surface area (Å²) in [5, 5.41) is 17.7. The molecule has 0 amide bonds. The first-order valence-electron chi connectivity index (χ1n) is 5.05. The van der Waals surface area contributed by atoms with E-state index in [9.17, 15) is 0 Å². The van der Waals surface area contributed by atoms with Crippen molar-refractivity contribution in [3.05, 3.63) is 23.5 Å². The Morgan fingerprint density at radius 1 is 1.38 bits per heavy atom. The molecule has 0 bridgehead atoms. The van der Waals surface area contributed by atoms with Gasteiger partial charge in [-0.25, -0.2) is 4.98 Å². The molecule has 2 N–H and O–H groups in total. The number of nitrogens with zero attached hydrogens (tertiary/aromatic N) is 4. The molecule has 16 heavy (non-hydrogen) atoms. The number of rotatable bonds is 4.